The molecule has 2 rings (SSSR count). The number of nitro groups is 1. The normalized spacial score (nSPS) is 10.7. The van der Waals surface area contributed by atoms with Gasteiger partial charge in [-0.2, -0.15) is 0 Å². The Balaban J connectivity index is 1.89. The Kier molecular flexibility index (Phi) is 4.65. The molecule has 1 aromatic heterocycles. The first-order valence-corrected chi connectivity index (χ1v) is 6.42. The predicted octanol–water partition coefficient (Wildman–Crippen LogP) is 1.71. The van der Waals surface area contributed by atoms with E-state index >= 15 is 0 Å². The average molecular weight is 296 g/mol. The van der Waals surface area contributed by atoms with Crippen LogP contribution < -0.4 is 5.32 Å². The van der Waals surface area contributed by atoms with E-state index < -0.39 is 4.92 Å². The molecule has 106 valence electrons. The van der Waals surface area contributed by atoms with Crippen LogP contribution in [0.4, 0.5) is 5.69 Å². The number of aromatic nitrogens is 3. The van der Waals surface area contributed by atoms with Gasteiger partial charge in [0.05, 0.1) is 4.92 Å². The number of rotatable bonds is 6. The Morgan fingerprint density at radius 1 is 1.50 bits per heavy atom. The number of benzene rings is 1. The maximum absolute atomic E-state index is 10.7. The van der Waals surface area contributed by atoms with Gasteiger partial charge in [0, 0.05) is 43.7 Å². The highest BCUT2D eigenvalue weighted by Crippen LogP contribution is 2.21. The highest BCUT2D eigenvalue weighted by Gasteiger charge is 2.09. The minimum absolute atomic E-state index is 0.0412. The van der Waals surface area contributed by atoms with Gasteiger partial charge < -0.3 is 9.88 Å². The van der Waals surface area contributed by atoms with Crippen LogP contribution in [0.25, 0.3) is 0 Å². The summed E-state index contributed by atoms with van der Waals surface area (Å²) >= 11 is 6.02. The summed E-state index contributed by atoms with van der Waals surface area (Å²) in [6.45, 7) is 1.16. The molecule has 2 aromatic rings. The molecule has 1 N–H and O–H groups in total. The van der Waals surface area contributed by atoms with E-state index in [4.69, 9.17) is 11.6 Å². The fourth-order valence-corrected chi connectivity index (χ4v) is 1.95. The second kappa shape index (κ2) is 6.44. The van der Waals surface area contributed by atoms with E-state index in [0.717, 1.165) is 12.2 Å². The number of halogens is 1. The summed E-state index contributed by atoms with van der Waals surface area (Å²) in [5, 5.41) is 22.2. The summed E-state index contributed by atoms with van der Waals surface area (Å²) < 4.78 is 1.85. The highest BCUT2D eigenvalue weighted by atomic mass is 35.5. The van der Waals surface area contributed by atoms with Crippen LogP contribution in [0.15, 0.2) is 24.5 Å². The van der Waals surface area contributed by atoms with Gasteiger partial charge in [0.1, 0.15) is 12.2 Å². The van der Waals surface area contributed by atoms with Crippen LogP contribution in [-0.2, 0) is 20.0 Å². The third kappa shape index (κ3) is 3.52. The van der Waals surface area contributed by atoms with Crippen molar-refractivity contribution in [2.24, 2.45) is 7.05 Å². The van der Waals surface area contributed by atoms with Crippen molar-refractivity contribution >= 4 is 17.3 Å². The number of nitro benzene ring substituents is 1. The van der Waals surface area contributed by atoms with Crippen molar-refractivity contribution in [2.45, 2.75) is 13.0 Å². The molecular formula is C12H14ClN5O2. The second-order valence-electron chi connectivity index (χ2n) is 4.32. The van der Waals surface area contributed by atoms with Crippen molar-refractivity contribution in [3.8, 4) is 0 Å². The third-order valence-electron chi connectivity index (χ3n) is 2.89. The largest absolute Gasteiger partial charge is 0.321 e. The fraction of sp³-hybridized carbons (Fsp3) is 0.333. The summed E-state index contributed by atoms with van der Waals surface area (Å²) in [7, 11) is 1.88. The third-order valence-corrected chi connectivity index (χ3v) is 3.25. The molecule has 0 aliphatic rings. The Labute approximate surface area is 120 Å². The molecule has 20 heavy (non-hydrogen) atoms. The maximum atomic E-state index is 10.7. The minimum Gasteiger partial charge on any atom is -0.321 e. The molecule has 0 spiro atoms. The number of nitrogens with zero attached hydrogens (tertiary/aromatic N) is 4. The van der Waals surface area contributed by atoms with Crippen molar-refractivity contribution < 1.29 is 4.92 Å². The summed E-state index contributed by atoms with van der Waals surface area (Å²) in [5.74, 6) is 0.877. The highest BCUT2D eigenvalue weighted by molar-refractivity contribution is 6.31. The number of aryl methyl sites for hydroxylation is 1. The molecule has 0 aliphatic carbocycles. The topological polar surface area (TPSA) is 85.9 Å². The smallest absolute Gasteiger partial charge is 0.269 e. The minimum atomic E-state index is -0.431. The van der Waals surface area contributed by atoms with E-state index in [0.29, 0.717) is 23.7 Å². The summed E-state index contributed by atoms with van der Waals surface area (Å²) in [6.07, 6.45) is 2.37. The number of hydrogen-bond acceptors (Lipinski definition) is 5. The standard InChI is InChI=1S/C12H14ClN5O2/c1-17-8-15-16-12(17)4-5-14-7-9-6-10(18(19)20)2-3-11(9)13/h2-3,6,8,14H,4-5,7H2,1H3. The quantitative estimate of drug-likeness (QED) is 0.498. The van der Waals surface area contributed by atoms with Gasteiger partial charge >= 0.3 is 0 Å². The lowest BCUT2D eigenvalue weighted by Crippen LogP contribution is -2.18. The zero-order valence-corrected chi connectivity index (χ0v) is 11.7. The molecule has 7 nitrogen and oxygen atoms in total. The van der Waals surface area contributed by atoms with Crippen molar-refractivity contribution in [3.05, 3.63) is 51.1 Å². The maximum Gasteiger partial charge on any atom is 0.269 e. The Bertz CT molecular complexity index is 614. The molecule has 0 unspecified atom stereocenters. The van der Waals surface area contributed by atoms with E-state index in [2.05, 4.69) is 15.5 Å². The van der Waals surface area contributed by atoms with Crippen molar-refractivity contribution in [2.75, 3.05) is 6.54 Å². The zero-order chi connectivity index (χ0) is 14.5. The zero-order valence-electron chi connectivity index (χ0n) is 10.9. The van der Waals surface area contributed by atoms with E-state index in [1.807, 2.05) is 11.6 Å². The Hall–Kier alpha value is -1.99. The monoisotopic (exact) mass is 295 g/mol. The van der Waals surface area contributed by atoms with E-state index in [1.165, 1.54) is 12.1 Å². The van der Waals surface area contributed by atoms with Crippen LogP contribution in [0.2, 0.25) is 5.02 Å². The second-order valence-corrected chi connectivity index (χ2v) is 4.72. The van der Waals surface area contributed by atoms with Crippen molar-refractivity contribution in [3.63, 3.8) is 0 Å². The first-order chi connectivity index (χ1) is 9.58. The molecule has 0 atom stereocenters. The van der Waals surface area contributed by atoms with Crippen LogP contribution >= 0.6 is 11.6 Å². The molecule has 1 heterocycles. The van der Waals surface area contributed by atoms with Crippen LogP contribution in [0.3, 0.4) is 0 Å². The van der Waals surface area contributed by atoms with Gasteiger partial charge in [-0.1, -0.05) is 11.6 Å². The molecule has 0 saturated carbocycles. The van der Waals surface area contributed by atoms with Gasteiger partial charge in [-0.25, -0.2) is 0 Å². The van der Waals surface area contributed by atoms with Crippen LogP contribution in [0.5, 0.6) is 0 Å². The molecule has 0 radical (unpaired) electrons. The molecule has 0 amide bonds. The Morgan fingerprint density at radius 3 is 2.95 bits per heavy atom. The van der Waals surface area contributed by atoms with Crippen molar-refractivity contribution in [1.82, 2.24) is 20.1 Å². The fourth-order valence-electron chi connectivity index (χ4n) is 1.77. The number of hydrogen-bond donors (Lipinski definition) is 1. The van der Waals surface area contributed by atoms with E-state index in [-0.39, 0.29) is 5.69 Å². The molecular weight excluding hydrogens is 282 g/mol. The lowest BCUT2D eigenvalue weighted by molar-refractivity contribution is -0.384. The van der Waals surface area contributed by atoms with Crippen LogP contribution in [0.1, 0.15) is 11.4 Å². The molecule has 0 bridgehead atoms. The Morgan fingerprint density at radius 2 is 2.30 bits per heavy atom. The molecule has 0 aliphatic heterocycles. The summed E-state index contributed by atoms with van der Waals surface area (Å²) in [5.41, 5.74) is 0.748. The lowest BCUT2D eigenvalue weighted by atomic mass is 10.2. The van der Waals surface area contributed by atoms with Crippen LogP contribution in [0, 0.1) is 10.1 Å². The summed E-state index contributed by atoms with van der Waals surface area (Å²) in [4.78, 5) is 10.3. The number of nitrogens with one attached hydrogen (secondary N) is 1. The van der Waals surface area contributed by atoms with Gasteiger partial charge in [-0.3, -0.25) is 10.1 Å². The van der Waals surface area contributed by atoms with Crippen molar-refractivity contribution in [1.29, 1.82) is 0 Å². The van der Waals surface area contributed by atoms with Gasteiger partial charge in [0.25, 0.3) is 5.69 Å². The molecule has 0 saturated heterocycles. The average Bonchev–Trinajstić information content (AvgIpc) is 2.82. The van der Waals surface area contributed by atoms with Gasteiger partial charge in [0.15, 0.2) is 0 Å². The molecule has 1 aromatic carbocycles. The van der Waals surface area contributed by atoms with E-state index in [1.54, 1.807) is 12.4 Å². The SMILES string of the molecule is Cn1cnnc1CCNCc1cc([N+](=O)[O-])ccc1Cl. The van der Waals surface area contributed by atoms with Gasteiger partial charge in [-0.05, 0) is 11.6 Å². The van der Waals surface area contributed by atoms with Gasteiger partial charge in [-0.15, -0.1) is 10.2 Å². The first kappa shape index (κ1) is 14.4. The van der Waals surface area contributed by atoms with Gasteiger partial charge in [0.2, 0.25) is 0 Å². The lowest BCUT2D eigenvalue weighted by Gasteiger charge is -2.06. The summed E-state index contributed by atoms with van der Waals surface area (Å²) in [6, 6.07) is 4.42. The number of non-ortho nitro benzene ring substituents is 1. The molecule has 0 fully saturated rings. The van der Waals surface area contributed by atoms with Crippen LogP contribution in [-0.4, -0.2) is 26.2 Å². The molecule has 8 heteroatoms. The predicted molar refractivity (Wildman–Crippen MR) is 74.5 cm³/mol. The van der Waals surface area contributed by atoms with E-state index in [9.17, 15) is 10.1 Å². The first-order valence-electron chi connectivity index (χ1n) is 6.04.